The Morgan fingerprint density at radius 3 is 2.46 bits per heavy atom. The first-order chi connectivity index (χ1) is 5.54. The molecule has 1 amide bonds. The maximum Gasteiger partial charge on any atom is 0.236 e. The maximum atomic E-state index is 10.9. The Hall–Kier alpha value is -0.0700. The highest BCUT2D eigenvalue weighted by atomic mass is 79.9. The zero-order valence-corrected chi connectivity index (χ0v) is 10.2. The average molecular weight is 271 g/mol. The molecule has 0 aliphatic heterocycles. The first-order valence-corrected chi connectivity index (χ1v) is 4.69. The predicted molar refractivity (Wildman–Crippen MR) is 60.1 cm³/mol. The summed E-state index contributed by atoms with van der Waals surface area (Å²) in [5.41, 5.74) is 5.29. The van der Waals surface area contributed by atoms with E-state index in [1.807, 2.05) is 0 Å². The standard InChI is InChI=1S/C7H14N2O2S.BrH/c1-5(8)7(11)9-3-4-12-6(2)10;/h5H,3-4,8H2,1-2H3,(H,9,11);1H/t5-;/m0./s1. The van der Waals surface area contributed by atoms with Crippen LogP contribution in [0.1, 0.15) is 13.8 Å². The van der Waals surface area contributed by atoms with Crippen LogP contribution in [0.3, 0.4) is 0 Å². The van der Waals surface area contributed by atoms with Crippen molar-refractivity contribution in [3.05, 3.63) is 0 Å². The molecule has 1 atom stereocenters. The van der Waals surface area contributed by atoms with E-state index >= 15 is 0 Å². The quantitative estimate of drug-likeness (QED) is 0.722. The Morgan fingerprint density at radius 2 is 2.08 bits per heavy atom. The number of amides is 1. The number of hydrogen-bond acceptors (Lipinski definition) is 4. The maximum absolute atomic E-state index is 10.9. The second kappa shape index (κ2) is 8.52. The lowest BCUT2D eigenvalue weighted by Crippen LogP contribution is -2.39. The molecule has 0 aromatic heterocycles. The number of halogens is 1. The van der Waals surface area contributed by atoms with Crippen LogP contribution in [0.2, 0.25) is 0 Å². The molecule has 0 aromatic carbocycles. The number of nitrogens with one attached hydrogen (secondary N) is 1. The summed E-state index contributed by atoms with van der Waals surface area (Å²) < 4.78 is 0. The van der Waals surface area contributed by atoms with Gasteiger partial charge in [0, 0.05) is 19.2 Å². The molecule has 0 fully saturated rings. The summed E-state index contributed by atoms with van der Waals surface area (Å²) in [6.07, 6.45) is 0. The first-order valence-electron chi connectivity index (χ1n) is 3.70. The van der Waals surface area contributed by atoms with Gasteiger partial charge in [0.1, 0.15) is 0 Å². The highest BCUT2D eigenvalue weighted by molar-refractivity contribution is 8.93. The topological polar surface area (TPSA) is 72.2 Å². The molecule has 0 aliphatic rings. The van der Waals surface area contributed by atoms with Crippen molar-refractivity contribution in [3.63, 3.8) is 0 Å². The van der Waals surface area contributed by atoms with Gasteiger partial charge in [-0.3, -0.25) is 9.59 Å². The van der Waals surface area contributed by atoms with Crippen molar-refractivity contribution in [2.24, 2.45) is 5.73 Å². The molecule has 3 N–H and O–H groups in total. The van der Waals surface area contributed by atoms with Crippen LogP contribution in [-0.2, 0) is 9.59 Å². The van der Waals surface area contributed by atoms with Crippen LogP contribution < -0.4 is 11.1 Å². The molecular weight excluding hydrogens is 256 g/mol. The van der Waals surface area contributed by atoms with Crippen molar-refractivity contribution >= 4 is 39.8 Å². The number of hydrogen-bond donors (Lipinski definition) is 2. The fourth-order valence-corrected chi connectivity index (χ4v) is 1.02. The van der Waals surface area contributed by atoms with Crippen LogP contribution in [0.15, 0.2) is 0 Å². The van der Waals surface area contributed by atoms with Gasteiger partial charge >= 0.3 is 0 Å². The molecule has 4 nitrogen and oxygen atoms in total. The SMILES string of the molecule is Br.CC(=O)SCCNC(=O)[C@H](C)N. The minimum atomic E-state index is -0.479. The van der Waals surface area contributed by atoms with Crippen LogP contribution in [-0.4, -0.2) is 29.4 Å². The molecule has 0 aromatic rings. The van der Waals surface area contributed by atoms with Crippen LogP contribution in [0.5, 0.6) is 0 Å². The molecule has 0 saturated heterocycles. The Morgan fingerprint density at radius 1 is 1.54 bits per heavy atom. The molecule has 0 heterocycles. The summed E-state index contributed by atoms with van der Waals surface area (Å²) in [4.78, 5) is 21.3. The molecule has 0 spiro atoms. The normalized spacial score (nSPS) is 11.3. The fraction of sp³-hybridized carbons (Fsp3) is 0.714. The third-order valence-corrected chi connectivity index (χ3v) is 1.93. The highest BCUT2D eigenvalue weighted by Gasteiger charge is 2.05. The Bertz CT molecular complexity index is 176. The highest BCUT2D eigenvalue weighted by Crippen LogP contribution is 1.97. The van der Waals surface area contributed by atoms with E-state index in [1.165, 1.54) is 18.7 Å². The van der Waals surface area contributed by atoms with Gasteiger partial charge in [0.2, 0.25) is 5.91 Å². The van der Waals surface area contributed by atoms with Crippen LogP contribution in [0.4, 0.5) is 0 Å². The third kappa shape index (κ3) is 9.85. The van der Waals surface area contributed by atoms with E-state index in [0.717, 1.165) is 0 Å². The lowest BCUT2D eigenvalue weighted by Gasteiger charge is -2.05. The van der Waals surface area contributed by atoms with E-state index in [-0.39, 0.29) is 28.0 Å². The summed E-state index contributed by atoms with van der Waals surface area (Å²) in [6.45, 7) is 3.61. The van der Waals surface area contributed by atoms with Gasteiger partial charge < -0.3 is 11.1 Å². The van der Waals surface area contributed by atoms with Gasteiger partial charge in [-0.1, -0.05) is 11.8 Å². The zero-order valence-electron chi connectivity index (χ0n) is 7.70. The first kappa shape index (κ1) is 15.4. The van der Waals surface area contributed by atoms with Gasteiger partial charge in [0.25, 0.3) is 0 Å². The summed E-state index contributed by atoms with van der Waals surface area (Å²) >= 11 is 1.19. The van der Waals surface area contributed by atoms with Crippen LogP contribution in [0.25, 0.3) is 0 Å². The van der Waals surface area contributed by atoms with Crippen LogP contribution in [0, 0.1) is 0 Å². The second-order valence-electron chi connectivity index (χ2n) is 2.42. The van der Waals surface area contributed by atoms with Gasteiger partial charge in [-0.05, 0) is 6.92 Å². The summed E-state index contributed by atoms with van der Waals surface area (Å²) in [7, 11) is 0. The minimum Gasteiger partial charge on any atom is -0.354 e. The van der Waals surface area contributed by atoms with E-state index in [9.17, 15) is 9.59 Å². The fourth-order valence-electron chi connectivity index (χ4n) is 0.530. The van der Waals surface area contributed by atoms with Gasteiger partial charge in [-0.15, -0.1) is 17.0 Å². The van der Waals surface area contributed by atoms with Crippen molar-refractivity contribution in [2.75, 3.05) is 12.3 Å². The van der Waals surface area contributed by atoms with E-state index in [4.69, 9.17) is 5.73 Å². The summed E-state index contributed by atoms with van der Waals surface area (Å²) in [6, 6.07) is -0.479. The monoisotopic (exact) mass is 270 g/mol. The number of thioether (sulfide) groups is 1. The lowest BCUT2D eigenvalue weighted by molar-refractivity contribution is -0.121. The molecule has 0 radical (unpaired) electrons. The van der Waals surface area contributed by atoms with Gasteiger partial charge in [-0.25, -0.2) is 0 Å². The lowest BCUT2D eigenvalue weighted by atomic mass is 10.3. The van der Waals surface area contributed by atoms with Crippen molar-refractivity contribution in [1.29, 1.82) is 0 Å². The molecule has 0 aliphatic carbocycles. The molecular formula is C7H15BrN2O2S. The van der Waals surface area contributed by atoms with Gasteiger partial charge in [0.15, 0.2) is 5.12 Å². The van der Waals surface area contributed by atoms with Gasteiger partial charge in [-0.2, -0.15) is 0 Å². The molecule has 78 valence electrons. The summed E-state index contributed by atoms with van der Waals surface area (Å²) in [5, 5.41) is 2.66. The Kier molecular flexibility index (Phi) is 10.1. The van der Waals surface area contributed by atoms with E-state index in [1.54, 1.807) is 6.92 Å². The zero-order chi connectivity index (χ0) is 9.56. The van der Waals surface area contributed by atoms with Crippen molar-refractivity contribution in [1.82, 2.24) is 5.32 Å². The van der Waals surface area contributed by atoms with Crippen molar-refractivity contribution in [2.45, 2.75) is 19.9 Å². The number of rotatable bonds is 4. The minimum absolute atomic E-state index is 0. The molecule has 0 bridgehead atoms. The average Bonchev–Trinajstić information content (AvgIpc) is 1.97. The number of carbonyl (C=O) groups excluding carboxylic acids is 2. The van der Waals surface area contributed by atoms with Crippen LogP contribution >= 0.6 is 28.7 Å². The molecule has 0 rings (SSSR count). The second-order valence-corrected chi connectivity index (χ2v) is 3.69. The Balaban J connectivity index is 0. The molecule has 0 unspecified atom stereocenters. The number of carbonyl (C=O) groups is 2. The largest absolute Gasteiger partial charge is 0.354 e. The molecule has 13 heavy (non-hydrogen) atoms. The van der Waals surface area contributed by atoms with E-state index in [2.05, 4.69) is 5.32 Å². The molecule has 0 saturated carbocycles. The third-order valence-electron chi connectivity index (χ3n) is 1.12. The summed E-state index contributed by atoms with van der Waals surface area (Å²) in [5.74, 6) is 0.424. The van der Waals surface area contributed by atoms with Gasteiger partial charge in [0.05, 0.1) is 6.04 Å². The predicted octanol–water partition coefficient (Wildman–Crippen LogP) is 0.307. The Labute approximate surface area is 92.8 Å². The smallest absolute Gasteiger partial charge is 0.236 e. The van der Waals surface area contributed by atoms with E-state index < -0.39 is 6.04 Å². The van der Waals surface area contributed by atoms with Crippen molar-refractivity contribution in [3.8, 4) is 0 Å². The van der Waals surface area contributed by atoms with Crippen molar-refractivity contribution < 1.29 is 9.59 Å². The molecule has 6 heteroatoms. The number of nitrogens with two attached hydrogens (primary N) is 1. The van der Waals surface area contributed by atoms with E-state index in [0.29, 0.717) is 12.3 Å².